The van der Waals surface area contributed by atoms with Crippen molar-refractivity contribution in [3.63, 3.8) is 0 Å². The van der Waals surface area contributed by atoms with Gasteiger partial charge in [0.25, 0.3) is 0 Å². The number of para-hydroxylation sites is 1. The molecule has 19 heavy (non-hydrogen) atoms. The van der Waals surface area contributed by atoms with Gasteiger partial charge in [-0.15, -0.1) is 0 Å². The van der Waals surface area contributed by atoms with Gasteiger partial charge >= 0.3 is 0 Å². The van der Waals surface area contributed by atoms with Crippen LogP contribution in [0.1, 0.15) is 5.56 Å². The van der Waals surface area contributed by atoms with Crippen LogP contribution in [0.15, 0.2) is 42.6 Å². The second-order valence-corrected chi connectivity index (χ2v) is 4.60. The molecule has 0 aliphatic heterocycles. The molecule has 0 aliphatic rings. The minimum atomic E-state index is -0.309. The maximum absolute atomic E-state index is 13.7. The van der Waals surface area contributed by atoms with Crippen LogP contribution in [0.2, 0.25) is 5.02 Å². The lowest BCUT2D eigenvalue weighted by Gasteiger charge is -2.09. The standard InChI is InChI=1S/C14H11ClFN3/c15-11-4-2-5-12(16)10(11)8-17-13-6-1-3-9-7-18-19-14(9)13/h1-7,17H,8H2,(H,18,19). The summed E-state index contributed by atoms with van der Waals surface area (Å²) in [5, 5.41) is 11.5. The minimum absolute atomic E-state index is 0.309. The Labute approximate surface area is 114 Å². The second-order valence-electron chi connectivity index (χ2n) is 4.19. The van der Waals surface area contributed by atoms with E-state index in [1.165, 1.54) is 6.07 Å². The SMILES string of the molecule is Fc1cccc(Cl)c1CNc1cccc2cn[nH]c12. The summed E-state index contributed by atoms with van der Waals surface area (Å²) in [5.41, 5.74) is 2.23. The molecule has 0 fully saturated rings. The first-order valence-corrected chi connectivity index (χ1v) is 6.22. The van der Waals surface area contributed by atoms with Crippen molar-refractivity contribution in [2.45, 2.75) is 6.54 Å². The fourth-order valence-corrected chi connectivity index (χ4v) is 2.23. The number of hydrogen-bond donors (Lipinski definition) is 2. The van der Waals surface area contributed by atoms with Gasteiger partial charge in [-0.2, -0.15) is 5.10 Å². The van der Waals surface area contributed by atoms with Gasteiger partial charge in [0.05, 0.1) is 17.4 Å². The predicted molar refractivity (Wildman–Crippen MR) is 74.8 cm³/mol. The smallest absolute Gasteiger partial charge is 0.129 e. The third-order valence-electron chi connectivity index (χ3n) is 2.99. The van der Waals surface area contributed by atoms with E-state index in [4.69, 9.17) is 11.6 Å². The number of nitrogens with zero attached hydrogens (tertiary/aromatic N) is 1. The molecule has 0 saturated heterocycles. The van der Waals surface area contributed by atoms with Gasteiger partial charge in [-0.25, -0.2) is 4.39 Å². The number of rotatable bonds is 3. The molecule has 3 rings (SSSR count). The van der Waals surface area contributed by atoms with Crippen LogP contribution in [0.4, 0.5) is 10.1 Å². The number of benzene rings is 2. The Balaban J connectivity index is 1.88. The van der Waals surface area contributed by atoms with Crippen LogP contribution < -0.4 is 5.32 Å². The normalized spacial score (nSPS) is 10.8. The largest absolute Gasteiger partial charge is 0.379 e. The van der Waals surface area contributed by atoms with Crippen LogP contribution in [0.3, 0.4) is 0 Å². The Morgan fingerprint density at radius 2 is 2.05 bits per heavy atom. The highest BCUT2D eigenvalue weighted by Crippen LogP contribution is 2.24. The number of hydrogen-bond acceptors (Lipinski definition) is 2. The van der Waals surface area contributed by atoms with Crippen molar-refractivity contribution in [2.24, 2.45) is 0 Å². The molecule has 96 valence electrons. The Bertz CT molecular complexity index is 703. The highest BCUT2D eigenvalue weighted by atomic mass is 35.5. The van der Waals surface area contributed by atoms with E-state index in [9.17, 15) is 4.39 Å². The molecule has 0 saturated carbocycles. The van der Waals surface area contributed by atoms with Crippen LogP contribution in [-0.2, 0) is 6.54 Å². The molecular weight excluding hydrogens is 265 g/mol. The summed E-state index contributed by atoms with van der Waals surface area (Å²) in [6, 6.07) is 10.5. The predicted octanol–water partition coefficient (Wildman–Crippen LogP) is 3.97. The zero-order valence-corrected chi connectivity index (χ0v) is 10.7. The summed E-state index contributed by atoms with van der Waals surface area (Å²) in [6.07, 6.45) is 1.75. The Morgan fingerprint density at radius 3 is 2.89 bits per heavy atom. The number of halogens is 2. The fourth-order valence-electron chi connectivity index (χ4n) is 2.00. The fraction of sp³-hybridized carbons (Fsp3) is 0.0714. The summed E-state index contributed by atoms with van der Waals surface area (Å²) in [6.45, 7) is 0.323. The lowest BCUT2D eigenvalue weighted by atomic mass is 10.2. The highest BCUT2D eigenvalue weighted by Gasteiger charge is 2.08. The molecule has 0 bridgehead atoms. The lowest BCUT2D eigenvalue weighted by molar-refractivity contribution is 0.613. The van der Waals surface area contributed by atoms with E-state index in [0.717, 1.165) is 16.6 Å². The van der Waals surface area contributed by atoms with Gasteiger partial charge in [0, 0.05) is 22.5 Å². The van der Waals surface area contributed by atoms with Crippen molar-refractivity contribution < 1.29 is 4.39 Å². The van der Waals surface area contributed by atoms with Crippen LogP contribution in [0.25, 0.3) is 10.9 Å². The Kier molecular flexibility index (Phi) is 3.09. The van der Waals surface area contributed by atoms with Gasteiger partial charge in [-0.1, -0.05) is 29.8 Å². The second kappa shape index (κ2) is 4.90. The molecule has 0 radical (unpaired) electrons. The monoisotopic (exact) mass is 275 g/mol. The highest BCUT2D eigenvalue weighted by molar-refractivity contribution is 6.31. The number of fused-ring (bicyclic) bond motifs is 1. The van der Waals surface area contributed by atoms with Gasteiger partial charge in [0.1, 0.15) is 5.82 Å². The molecule has 3 nitrogen and oxygen atoms in total. The average Bonchev–Trinajstić information content (AvgIpc) is 2.87. The van der Waals surface area contributed by atoms with Crippen molar-refractivity contribution >= 4 is 28.2 Å². The molecule has 5 heteroatoms. The molecular formula is C14H11ClFN3. The number of anilines is 1. The first-order valence-electron chi connectivity index (χ1n) is 5.84. The molecule has 2 aromatic carbocycles. The van der Waals surface area contributed by atoms with Crippen LogP contribution in [-0.4, -0.2) is 10.2 Å². The quantitative estimate of drug-likeness (QED) is 0.759. The van der Waals surface area contributed by atoms with E-state index in [1.54, 1.807) is 18.3 Å². The number of aromatic nitrogens is 2. The van der Waals surface area contributed by atoms with E-state index in [1.807, 2.05) is 18.2 Å². The molecule has 0 spiro atoms. The molecule has 1 aromatic heterocycles. The van der Waals surface area contributed by atoms with Crippen molar-refractivity contribution in [2.75, 3.05) is 5.32 Å². The van der Waals surface area contributed by atoms with Crippen LogP contribution >= 0.6 is 11.6 Å². The van der Waals surface area contributed by atoms with Gasteiger partial charge < -0.3 is 5.32 Å². The maximum atomic E-state index is 13.7. The molecule has 0 amide bonds. The summed E-state index contributed by atoms with van der Waals surface area (Å²) in [4.78, 5) is 0. The zero-order chi connectivity index (χ0) is 13.2. The van der Waals surface area contributed by atoms with Gasteiger partial charge in [-0.05, 0) is 18.2 Å². The maximum Gasteiger partial charge on any atom is 0.129 e. The van der Waals surface area contributed by atoms with E-state index >= 15 is 0 Å². The van der Waals surface area contributed by atoms with Gasteiger partial charge in [-0.3, -0.25) is 5.10 Å². The van der Waals surface area contributed by atoms with Crippen molar-refractivity contribution in [1.29, 1.82) is 0 Å². The molecule has 3 aromatic rings. The number of H-pyrrole nitrogens is 1. The van der Waals surface area contributed by atoms with E-state index in [-0.39, 0.29) is 5.82 Å². The molecule has 0 aliphatic carbocycles. The Hall–Kier alpha value is -2.07. The van der Waals surface area contributed by atoms with Gasteiger partial charge in [0.15, 0.2) is 0 Å². The lowest BCUT2D eigenvalue weighted by Crippen LogP contribution is -2.03. The van der Waals surface area contributed by atoms with E-state index in [0.29, 0.717) is 17.1 Å². The topological polar surface area (TPSA) is 40.7 Å². The molecule has 2 N–H and O–H groups in total. The zero-order valence-electron chi connectivity index (χ0n) is 9.95. The number of aromatic amines is 1. The first kappa shape index (κ1) is 12.0. The third kappa shape index (κ3) is 2.27. The summed E-state index contributed by atoms with van der Waals surface area (Å²) in [5.74, 6) is -0.309. The van der Waals surface area contributed by atoms with Crippen molar-refractivity contribution in [1.82, 2.24) is 10.2 Å². The van der Waals surface area contributed by atoms with Gasteiger partial charge in [0.2, 0.25) is 0 Å². The first-order chi connectivity index (χ1) is 9.25. The van der Waals surface area contributed by atoms with Crippen molar-refractivity contribution in [3.05, 3.63) is 59.0 Å². The van der Waals surface area contributed by atoms with E-state index in [2.05, 4.69) is 15.5 Å². The summed E-state index contributed by atoms with van der Waals surface area (Å²) < 4.78 is 13.7. The molecule has 1 heterocycles. The van der Waals surface area contributed by atoms with Crippen molar-refractivity contribution in [3.8, 4) is 0 Å². The van der Waals surface area contributed by atoms with E-state index < -0.39 is 0 Å². The molecule has 0 atom stereocenters. The number of nitrogens with one attached hydrogen (secondary N) is 2. The summed E-state index contributed by atoms with van der Waals surface area (Å²) in [7, 11) is 0. The minimum Gasteiger partial charge on any atom is -0.379 e. The average molecular weight is 276 g/mol. The Morgan fingerprint density at radius 1 is 1.21 bits per heavy atom. The van der Waals surface area contributed by atoms with Crippen LogP contribution in [0.5, 0.6) is 0 Å². The third-order valence-corrected chi connectivity index (χ3v) is 3.35. The molecule has 0 unspecified atom stereocenters. The summed E-state index contributed by atoms with van der Waals surface area (Å²) >= 11 is 5.99. The van der Waals surface area contributed by atoms with Crippen LogP contribution in [0, 0.1) is 5.82 Å².